The quantitative estimate of drug-likeness (QED) is 0.660. The van der Waals surface area contributed by atoms with E-state index in [1.807, 2.05) is 6.07 Å². The summed E-state index contributed by atoms with van der Waals surface area (Å²) in [6, 6.07) is 7.01. The maximum Gasteiger partial charge on any atom is 0.313 e. The third-order valence-electron chi connectivity index (χ3n) is 3.74. The highest BCUT2D eigenvalue weighted by molar-refractivity contribution is 5.87. The van der Waals surface area contributed by atoms with E-state index in [1.54, 1.807) is 24.3 Å². The maximum atomic E-state index is 12.4. The van der Waals surface area contributed by atoms with Gasteiger partial charge in [0.15, 0.2) is 0 Å². The smallest absolute Gasteiger partial charge is 0.313 e. The lowest BCUT2D eigenvalue weighted by Gasteiger charge is -2.30. The van der Waals surface area contributed by atoms with Crippen LogP contribution in [0.3, 0.4) is 0 Å². The lowest BCUT2D eigenvalue weighted by Crippen LogP contribution is -2.50. The average molecular weight is 291 g/mol. The number of amides is 3. The van der Waals surface area contributed by atoms with E-state index in [9.17, 15) is 14.7 Å². The van der Waals surface area contributed by atoms with E-state index in [-0.39, 0.29) is 11.9 Å². The number of primary amides is 1. The van der Waals surface area contributed by atoms with Gasteiger partial charge in [-0.15, -0.1) is 0 Å². The van der Waals surface area contributed by atoms with Gasteiger partial charge in [-0.05, 0) is 18.4 Å². The lowest BCUT2D eigenvalue weighted by molar-refractivity contribution is -0.125. The van der Waals surface area contributed by atoms with Crippen molar-refractivity contribution >= 4 is 11.9 Å². The first-order valence-electron chi connectivity index (χ1n) is 7.17. The normalized spacial score (nSPS) is 23.1. The molecule has 0 spiro atoms. The van der Waals surface area contributed by atoms with Crippen molar-refractivity contribution < 1.29 is 14.7 Å². The third kappa shape index (κ3) is 4.19. The first-order chi connectivity index (χ1) is 10.1. The zero-order valence-electron chi connectivity index (χ0n) is 11.8. The Hall–Kier alpha value is -2.08. The van der Waals surface area contributed by atoms with E-state index in [0.717, 1.165) is 19.3 Å². The molecule has 3 unspecified atom stereocenters. The minimum atomic E-state index is -0.849. The Morgan fingerprint density at radius 1 is 1.19 bits per heavy atom. The van der Waals surface area contributed by atoms with Gasteiger partial charge in [-0.1, -0.05) is 43.2 Å². The van der Waals surface area contributed by atoms with Crippen LogP contribution in [0.25, 0.3) is 0 Å². The van der Waals surface area contributed by atoms with Crippen LogP contribution >= 0.6 is 0 Å². The summed E-state index contributed by atoms with van der Waals surface area (Å²) in [5.41, 5.74) is 5.80. The van der Waals surface area contributed by atoms with Crippen molar-refractivity contribution in [1.82, 2.24) is 10.6 Å². The van der Waals surface area contributed by atoms with Gasteiger partial charge in [0.2, 0.25) is 5.91 Å². The SMILES string of the molecule is NC(=O)NC(C(=O)NC1CCCCC1O)c1ccccc1. The van der Waals surface area contributed by atoms with E-state index >= 15 is 0 Å². The summed E-state index contributed by atoms with van der Waals surface area (Å²) in [6.45, 7) is 0. The molecule has 5 N–H and O–H groups in total. The molecule has 0 saturated heterocycles. The molecule has 1 fully saturated rings. The number of hydrogen-bond donors (Lipinski definition) is 4. The van der Waals surface area contributed by atoms with Crippen molar-refractivity contribution in [2.75, 3.05) is 0 Å². The van der Waals surface area contributed by atoms with Crippen LogP contribution in [-0.2, 0) is 4.79 Å². The Kier molecular flexibility index (Phi) is 5.16. The van der Waals surface area contributed by atoms with Crippen molar-refractivity contribution in [3.05, 3.63) is 35.9 Å². The number of rotatable bonds is 4. The molecule has 0 heterocycles. The molecule has 0 bridgehead atoms. The monoisotopic (exact) mass is 291 g/mol. The summed E-state index contributed by atoms with van der Waals surface area (Å²) < 4.78 is 0. The van der Waals surface area contributed by atoms with Crippen molar-refractivity contribution in [2.24, 2.45) is 5.73 Å². The van der Waals surface area contributed by atoms with Gasteiger partial charge in [-0.3, -0.25) is 4.79 Å². The Morgan fingerprint density at radius 3 is 2.48 bits per heavy atom. The van der Waals surface area contributed by atoms with Crippen LogP contribution in [0.15, 0.2) is 30.3 Å². The summed E-state index contributed by atoms with van der Waals surface area (Å²) in [7, 11) is 0. The maximum absolute atomic E-state index is 12.4. The summed E-state index contributed by atoms with van der Waals surface area (Å²) >= 11 is 0. The summed E-state index contributed by atoms with van der Waals surface area (Å²) in [6.07, 6.45) is 2.83. The number of urea groups is 1. The molecular weight excluding hydrogens is 270 g/mol. The fourth-order valence-corrected chi connectivity index (χ4v) is 2.63. The molecule has 1 saturated carbocycles. The second-order valence-corrected chi connectivity index (χ2v) is 5.32. The molecule has 1 aromatic rings. The first kappa shape index (κ1) is 15.3. The number of hydrogen-bond acceptors (Lipinski definition) is 3. The summed E-state index contributed by atoms with van der Waals surface area (Å²) in [5, 5.41) is 15.2. The highest BCUT2D eigenvalue weighted by atomic mass is 16.3. The van der Waals surface area contributed by atoms with Gasteiger partial charge in [0.25, 0.3) is 0 Å². The van der Waals surface area contributed by atoms with E-state index in [4.69, 9.17) is 5.73 Å². The molecule has 3 amide bonds. The fraction of sp³-hybridized carbons (Fsp3) is 0.467. The molecule has 0 aliphatic heterocycles. The molecule has 114 valence electrons. The Morgan fingerprint density at radius 2 is 1.86 bits per heavy atom. The molecule has 6 nitrogen and oxygen atoms in total. The van der Waals surface area contributed by atoms with E-state index in [0.29, 0.717) is 12.0 Å². The van der Waals surface area contributed by atoms with E-state index in [2.05, 4.69) is 10.6 Å². The van der Waals surface area contributed by atoms with Gasteiger partial charge >= 0.3 is 6.03 Å². The highest BCUT2D eigenvalue weighted by Crippen LogP contribution is 2.20. The van der Waals surface area contributed by atoms with Crippen LogP contribution in [0.5, 0.6) is 0 Å². The number of nitrogens with two attached hydrogens (primary N) is 1. The topological polar surface area (TPSA) is 104 Å². The minimum absolute atomic E-state index is 0.271. The predicted octanol–water partition coefficient (Wildman–Crippen LogP) is 0.816. The van der Waals surface area contributed by atoms with Crippen molar-refractivity contribution in [2.45, 2.75) is 43.9 Å². The second kappa shape index (κ2) is 7.08. The van der Waals surface area contributed by atoms with Crippen LogP contribution in [-0.4, -0.2) is 29.2 Å². The number of carbonyl (C=O) groups excluding carboxylic acids is 2. The largest absolute Gasteiger partial charge is 0.391 e. The number of carbonyl (C=O) groups is 2. The minimum Gasteiger partial charge on any atom is -0.391 e. The molecule has 0 radical (unpaired) electrons. The van der Waals surface area contributed by atoms with Gasteiger partial charge in [0.05, 0.1) is 12.1 Å². The molecule has 1 aliphatic rings. The number of benzene rings is 1. The lowest BCUT2D eigenvalue weighted by atomic mass is 9.92. The summed E-state index contributed by atoms with van der Waals surface area (Å²) in [4.78, 5) is 23.5. The van der Waals surface area contributed by atoms with Gasteiger partial charge in [-0.25, -0.2) is 4.79 Å². The second-order valence-electron chi connectivity index (χ2n) is 5.32. The molecular formula is C15H21N3O3. The van der Waals surface area contributed by atoms with E-state index < -0.39 is 18.2 Å². The molecule has 2 rings (SSSR count). The van der Waals surface area contributed by atoms with Gasteiger partial charge < -0.3 is 21.5 Å². The van der Waals surface area contributed by atoms with Crippen LogP contribution < -0.4 is 16.4 Å². The Bertz CT molecular complexity index is 492. The van der Waals surface area contributed by atoms with Crippen LogP contribution in [0, 0.1) is 0 Å². The Labute approximate surface area is 123 Å². The Balaban J connectivity index is 2.09. The standard InChI is InChI=1S/C15H21N3O3/c16-15(21)18-13(10-6-2-1-3-7-10)14(20)17-11-8-4-5-9-12(11)19/h1-3,6-7,11-13,19H,4-5,8-9H2,(H,17,20)(H3,16,18,21). The van der Waals surface area contributed by atoms with Crippen molar-refractivity contribution in [3.8, 4) is 0 Å². The zero-order chi connectivity index (χ0) is 15.2. The van der Waals surface area contributed by atoms with Crippen molar-refractivity contribution in [3.63, 3.8) is 0 Å². The molecule has 6 heteroatoms. The predicted molar refractivity (Wildman–Crippen MR) is 78.3 cm³/mol. The molecule has 3 atom stereocenters. The van der Waals surface area contributed by atoms with Crippen molar-refractivity contribution in [1.29, 1.82) is 0 Å². The van der Waals surface area contributed by atoms with E-state index in [1.165, 1.54) is 0 Å². The van der Waals surface area contributed by atoms with Gasteiger partial charge in [0, 0.05) is 0 Å². The molecule has 0 aromatic heterocycles. The highest BCUT2D eigenvalue weighted by Gasteiger charge is 2.28. The fourth-order valence-electron chi connectivity index (χ4n) is 2.63. The zero-order valence-corrected chi connectivity index (χ0v) is 11.8. The van der Waals surface area contributed by atoms with Crippen LogP contribution in [0.4, 0.5) is 4.79 Å². The number of nitrogens with one attached hydrogen (secondary N) is 2. The molecule has 1 aromatic carbocycles. The number of aliphatic hydroxyl groups is 1. The summed E-state index contributed by atoms with van der Waals surface area (Å²) in [5.74, 6) is -0.356. The third-order valence-corrected chi connectivity index (χ3v) is 3.74. The molecule has 21 heavy (non-hydrogen) atoms. The van der Waals surface area contributed by atoms with Crippen LogP contribution in [0.2, 0.25) is 0 Å². The number of aliphatic hydroxyl groups excluding tert-OH is 1. The average Bonchev–Trinajstić information content (AvgIpc) is 2.48. The first-order valence-corrected chi connectivity index (χ1v) is 7.17. The van der Waals surface area contributed by atoms with Crippen LogP contribution in [0.1, 0.15) is 37.3 Å². The molecule has 1 aliphatic carbocycles. The van der Waals surface area contributed by atoms with Gasteiger partial charge in [-0.2, -0.15) is 0 Å². The van der Waals surface area contributed by atoms with Gasteiger partial charge in [0.1, 0.15) is 6.04 Å².